The zero-order valence-corrected chi connectivity index (χ0v) is 10.6. The Labute approximate surface area is 112 Å². The molecule has 1 aromatic carbocycles. The van der Waals surface area contributed by atoms with Gasteiger partial charge in [0.15, 0.2) is 0 Å². The fourth-order valence-corrected chi connectivity index (χ4v) is 2.12. The van der Waals surface area contributed by atoms with Gasteiger partial charge < -0.3 is 10.0 Å². The van der Waals surface area contributed by atoms with Gasteiger partial charge in [-0.1, -0.05) is 15.9 Å². The lowest BCUT2D eigenvalue weighted by Gasteiger charge is -2.18. The van der Waals surface area contributed by atoms with Crippen LogP contribution in [0.2, 0.25) is 0 Å². The van der Waals surface area contributed by atoms with Gasteiger partial charge in [0.25, 0.3) is 0 Å². The van der Waals surface area contributed by atoms with Crippen LogP contribution in [0, 0.1) is 0 Å². The second-order valence-electron chi connectivity index (χ2n) is 3.59. The minimum absolute atomic E-state index is 0.0531. The largest absolute Gasteiger partial charge is 0.488 e. The fraction of sp³-hybridized carbons (Fsp3) is 0.333. The summed E-state index contributed by atoms with van der Waals surface area (Å²) in [5.41, 5.74) is -4.62. The van der Waals surface area contributed by atoms with E-state index in [1.165, 1.54) is 0 Å². The van der Waals surface area contributed by atoms with Crippen molar-refractivity contribution in [3.8, 4) is 0 Å². The van der Waals surface area contributed by atoms with Gasteiger partial charge in [0, 0.05) is 5.33 Å². The van der Waals surface area contributed by atoms with E-state index in [0.717, 1.165) is 0 Å². The van der Waals surface area contributed by atoms with E-state index in [9.17, 15) is 26.3 Å². The van der Waals surface area contributed by atoms with Gasteiger partial charge in [0.2, 0.25) is 0 Å². The maximum absolute atomic E-state index is 12.7. The van der Waals surface area contributed by atoms with Gasteiger partial charge in [-0.05, 0) is 23.2 Å². The quantitative estimate of drug-likeness (QED) is 0.488. The summed E-state index contributed by atoms with van der Waals surface area (Å²) in [7, 11) is -2.43. The lowest BCUT2D eigenvalue weighted by Crippen LogP contribution is -2.36. The summed E-state index contributed by atoms with van der Waals surface area (Å²) >= 11 is 2.69. The van der Waals surface area contributed by atoms with E-state index >= 15 is 0 Å². The number of benzene rings is 1. The lowest BCUT2D eigenvalue weighted by atomic mass is 9.75. The van der Waals surface area contributed by atoms with Crippen LogP contribution < -0.4 is 5.46 Å². The molecule has 0 aliphatic rings. The lowest BCUT2D eigenvalue weighted by molar-refractivity contribution is -0.143. The Hall–Kier alpha value is -0.735. The number of hydrogen-bond donors (Lipinski definition) is 2. The highest BCUT2D eigenvalue weighted by Gasteiger charge is 2.40. The normalized spacial score (nSPS) is 12.7. The van der Waals surface area contributed by atoms with E-state index in [1.807, 2.05) is 0 Å². The van der Waals surface area contributed by atoms with Crippen molar-refractivity contribution in [3.63, 3.8) is 0 Å². The minimum Gasteiger partial charge on any atom is -0.423 e. The van der Waals surface area contributed by atoms with Gasteiger partial charge in [0.1, 0.15) is 0 Å². The SMILES string of the molecule is OB(O)c1cc(C(F)(F)F)cc(C(F)(F)F)c1CBr. The summed E-state index contributed by atoms with van der Waals surface area (Å²) in [5, 5.41) is 17.4. The van der Waals surface area contributed by atoms with E-state index < -0.39 is 47.0 Å². The van der Waals surface area contributed by atoms with Crippen LogP contribution in [0.5, 0.6) is 0 Å². The van der Waals surface area contributed by atoms with Gasteiger partial charge in [-0.3, -0.25) is 0 Å². The molecule has 0 unspecified atom stereocenters. The number of halogens is 7. The molecule has 0 heterocycles. The molecule has 0 aliphatic heterocycles. The minimum atomic E-state index is -5.03. The Kier molecular flexibility index (Phi) is 4.58. The van der Waals surface area contributed by atoms with Crippen molar-refractivity contribution in [3.05, 3.63) is 28.8 Å². The van der Waals surface area contributed by atoms with Crippen molar-refractivity contribution in [2.24, 2.45) is 0 Å². The summed E-state index contributed by atoms with van der Waals surface area (Å²) in [5.74, 6) is 0. The van der Waals surface area contributed by atoms with Crippen molar-refractivity contribution in [2.75, 3.05) is 0 Å². The van der Waals surface area contributed by atoms with Gasteiger partial charge in [-0.15, -0.1) is 0 Å². The van der Waals surface area contributed by atoms with Crippen LogP contribution in [0.3, 0.4) is 0 Å². The molecule has 1 aromatic rings. The molecule has 0 spiro atoms. The van der Waals surface area contributed by atoms with Crippen molar-refractivity contribution in [1.82, 2.24) is 0 Å². The van der Waals surface area contributed by atoms with Crippen LogP contribution in [-0.4, -0.2) is 17.2 Å². The maximum Gasteiger partial charge on any atom is 0.488 e. The first-order valence-electron chi connectivity index (χ1n) is 4.71. The molecule has 0 aliphatic carbocycles. The summed E-state index contributed by atoms with van der Waals surface area (Å²) < 4.78 is 75.6. The Morgan fingerprint density at radius 3 is 1.84 bits per heavy atom. The van der Waals surface area contributed by atoms with E-state index in [4.69, 9.17) is 10.0 Å². The Morgan fingerprint density at radius 2 is 1.53 bits per heavy atom. The van der Waals surface area contributed by atoms with Crippen LogP contribution in [-0.2, 0) is 17.7 Å². The fourth-order valence-electron chi connectivity index (χ4n) is 1.49. The van der Waals surface area contributed by atoms with E-state index in [-0.39, 0.29) is 12.1 Å². The van der Waals surface area contributed by atoms with Gasteiger partial charge >= 0.3 is 19.5 Å². The second kappa shape index (κ2) is 5.33. The van der Waals surface area contributed by atoms with Crippen molar-refractivity contribution in [2.45, 2.75) is 17.7 Å². The molecule has 0 saturated heterocycles. The molecule has 0 aromatic heterocycles. The molecule has 1 rings (SSSR count). The molecular weight excluding hydrogens is 345 g/mol. The molecule has 0 radical (unpaired) electrons. The van der Waals surface area contributed by atoms with E-state index in [2.05, 4.69) is 15.9 Å². The summed E-state index contributed by atoms with van der Waals surface area (Å²) in [6.07, 6.45) is -10.1. The third kappa shape index (κ3) is 3.64. The molecule has 0 amide bonds. The van der Waals surface area contributed by atoms with Crippen LogP contribution in [0.15, 0.2) is 12.1 Å². The summed E-state index contributed by atoms with van der Waals surface area (Å²) in [6.45, 7) is 0. The monoisotopic (exact) mass is 350 g/mol. The average Bonchev–Trinajstić information content (AvgIpc) is 2.24. The van der Waals surface area contributed by atoms with Gasteiger partial charge in [-0.25, -0.2) is 0 Å². The third-order valence-corrected chi connectivity index (χ3v) is 2.89. The maximum atomic E-state index is 12.7. The Bertz CT molecular complexity index is 471. The first kappa shape index (κ1) is 16.3. The van der Waals surface area contributed by atoms with Crippen LogP contribution in [0.1, 0.15) is 16.7 Å². The molecule has 106 valence electrons. The van der Waals surface area contributed by atoms with Crippen molar-refractivity contribution in [1.29, 1.82) is 0 Å². The predicted molar refractivity (Wildman–Crippen MR) is 58.9 cm³/mol. The van der Waals surface area contributed by atoms with E-state index in [1.54, 1.807) is 0 Å². The van der Waals surface area contributed by atoms with E-state index in [0.29, 0.717) is 0 Å². The highest BCUT2D eigenvalue weighted by atomic mass is 79.9. The topological polar surface area (TPSA) is 40.5 Å². The third-order valence-electron chi connectivity index (χ3n) is 2.33. The zero-order valence-electron chi connectivity index (χ0n) is 8.98. The predicted octanol–water partition coefficient (Wildman–Crippen LogP) is 2.30. The average molecular weight is 351 g/mol. The molecule has 0 atom stereocenters. The van der Waals surface area contributed by atoms with Crippen LogP contribution in [0.25, 0.3) is 0 Å². The molecule has 10 heteroatoms. The zero-order chi connectivity index (χ0) is 15.0. The summed E-state index contributed by atoms with van der Waals surface area (Å²) in [4.78, 5) is 0. The molecular formula is C9H6BBrF6O2. The number of alkyl halides is 7. The van der Waals surface area contributed by atoms with Crippen LogP contribution >= 0.6 is 15.9 Å². The summed E-state index contributed by atoms with van der Waals surface area (Å²) in [6, 6.07) is 0.235. The first-order valence-corrected chi connectivity index (χ1v) is 5.84. The highest BCUT2D eigenvalue weighted by Crippen LogP contribution is 2.37. The standard InChI is InChI=1S/C9H6BBrF6O2/c11-3-5-6(9(15,16)17)1-4(8(12,13)14)2-7(5)10(18)19/h1-2,18-19H,3H2. The molecule has 2 N–H and O–H groups in total. The first-order chi connectivity index (χ1) is 8.48. The Morgan fingerprint density at radius 1 is 1.00 bits per heavy atom. The van der Waals surface area contributed by atoms with Gasteiger partial charge in [-0.2, -0.15) is 26.3 Å². The number of hydrogen-bond acceptors (Lipinski definition) is 2. The Balaban J connectivity index is 3.65. The molecule has 0 bridgehead atoms. The molecule has 0 fully saturated rings. The van der Waals surface area contributed by atoms with Crippen LogP contribution in [0.4, 0.5) is 26.3 Å². The van der Waals surface area contributed by atoms with Gasteiger partial charge in [0.05, 0.1) is 11.1 Å². The van der Waals surface area contributed by atoms with Crippen molar-refractivity contribution < 1.29 is 36.4 Å². The molecule has 0 saturated carbocycles. The van der Waals surface area contributed by atoms with Crippen molar-refractivity contribution >= 4 is 28.5 Å². The smallest absolute Gasteiger partial charge is 0.423 e. The number of rotatable bonds is 2. The molecule has 19 heavy (non-hydrogen) atoms. The second-order valence-corrected chi connectivity index (χ2v) is 4.16. The highest BCUT2D eigenvalue weighted by molar-refractivity contribution is 9.08. The molecule has 2 nitrogen and oxygen atoms in total.